The smallest absolute Gasteiger partial charge is 0.308 e. The molecular formula is C26H34N3O+. The highest BCUT2D eigenvalue weighted by molar-refractivity contribution is 6.01. The highest BCUT2D eigenvalue weighted by Gasteiger charge is 2.39. The van der Waals surface area contributed by atoms with E-state index in [1.807, 2.05) is 43.7 Å². The molecule has 0 aromatic heterocycles. The Hall–Kier alpha value is -2.59. The number of hydrogen-bond donors (Lipinski definition) is 2. The monoisotopic (exact) mass is 404 g/mol. The molecular weight excluding hydrogens is 370 g/mol. The molecule has 2 fully saturated rings. The Kier molecular flexibility index (Phi) is 7.69. The standard InChI is InChI=1S/C13H15N.C7H11O.C6H8N2/c1-13-9-5-4-8-12(13)14-11-7-3-2-6-10(11)13;1-6-4-2-3-5-7(6)8;7-8-6-4-2-1-3-5-6/h2-3,6-7H,4-5,8-9H2,1H3;5-6H,2-4H2,1H3;1-5,8H,7H2/q;+1;. The molecule has 3 N–H and O–H groups in total. The van der Waals surface area contributed by atoms with Crippen molar-refractivity contribution in [2.45, 2.75) is 64.2 Å². The van der Waals surface area contributed by atoms with E-state index < -0.39 is 0 Å². The minimum Gasteiger partial charge on any atom is -0.324 e. The number of para-hydroxylation sites is 2. The normalized spacial score (nSPS) is 23.9. The van der Waals surface area contributed by atoms with E-state index in [4.69, 9.17) is 10.8 Å². The quantitative estimate of drug-likeness (QED) is 0.340. The van der Waals surface area contributed by atoms with Gasteiger partial charge in [-0.05, 0) is 55.9 Å². The molecule has 2 atom stereocenters. The van der Waals surface area contributed by atoms with Gasteiger partial charge in [-0.2, -0.15) is 0 Å². The molecule has 0 amide bonds. The molecule has 2 aliphatic carbocycles. The van der Waals surface area contributed by atoms with Crippen molar-refractivity contribution in [2.24, 2.45) is 16.8 Å². The van der Waals surface area contributed by atoms with Crippen LogP contribution in [-0.4, -0.2) is 11.5 Å². The average molecular weight is 405 g/mol. The number of hydrogen-bond acceptors (Lipinski definition) is 4. The summed E-state index contributed by atoms with van der Waals surface area (Å²) in [5, 5.41) is 0. The van der Waals surface area contributed by atoms with Gasteiger partial charge < -0.3 is 5.43 Å². The van der Waals surface area contributed by atoms with Crippen molar-refractivity contribution in [3.05, 3.63) is 66.6 Å². The Morgan fingerprint density at radius 1 is 1.07 bits per heavy atom. The maximum absolute atomic E-state index is 10.7. The van der Waals surface area contributed by atoms with Crippen LogP contribution >= 0.6 is 0 Å². The first-order valence-corrected chi connectivity index (χ1v) is 11.1. The fraction of sp³-hybridized carbons (Fsp3) is 0.423. The second-order valence-electron chi connectivity index (χ2n) is 8.56. The number of rotatable bonds is 1. The summed E-state index contributed by atoms with van der Waals surface area (Å²) >= 11 is 0. The maximum Gasteiger partial charge on any atom is 0.308 e. The Balaban J connectivity index is 0.000000138. The number of carbonyl (C=O) groups is 1. The van der Waals surface area contributed by atoms with Crippen molar-refractivity contribution in [1.29, 1.82) is 0 Å². The molecule has 30 heavy (non-hydrogen) atoms. The SMILES string of the molecule is CC12CCCCC1=Nc1ccccc12.CC1CCC[CH+]C1=O.NNc1ccccc1. The van der Waals surface area contributed by atoms with Gasteiger partial charge in [-0.25, -0.2) is 4.79 Å². The highest BCUT2D eigenvalue weighted by Crippen LogP contribution is 2.46. The summed E-state index contributed by atoms with van der Waals surface area (Å²) in [6, 6.07) is 18.2. The molecule has 2 aromatic carbocycles. The van der Waals surface area contributed by atoms with Crippen LogP contribution in [0.25, 0.3) is 0 Å². The zero-order valence-electron chi connectivity index (χ0n) is 18.2. The van der Waals surface area contributed by atoms with Crippen LogP contribution in [0.5, 0.6) is 0 Å². The molecule has 2 aromatic rings. The van der Waals surface area contributed by atoms with Gasteiger partial charge in [0.25, 0.3) is 0 Å². The molecule has 0 spiro atoms. The Labute approximate surface area is 181 Å². The lowest BCUT2D eigenvalue weighted by Crippen LogP contribution is -2.32. The predicted molar refractivity (Wildman–Crippen MR) is 126 cm³/mol. The summed E-state index contributed by atoms with van der Waals surface area (Å²) < 4.78 is 0. The first-order valence-electron chi connectivity index (χ1n) is 11.1. The summed E-state index contributed by atoms with van der Waals surface area (Å²) in [5.74, 6) is 5.75. The van der Waals surface area contributed by atoms with E-state index in [1.54, 1.807) is 0 Å². The minimum absolute atomic E-state index is 0.273. The maximum atomic E-state index is 10.7. The van der Waals surface area contributed by atoms with Gasteiger partial charge in [0.2, 0.25) is 0 Å². The molecule has 1 aliphatic heterocycles. The Morgan fingerprint density at radius 2 is 1.80 bits per heavy atom. The van der Waals surface area contributed by atoms with Crippen LogP contribution in [-0.2, 0) is 10.2 Å². The zero-order chi connectivity index (χ0) is 21.4. The number of hydrazine groups is 1. The number of Topliss-reactive ketones (excluding diaryl/α,β-unsaturated/α-hetero) is 1. The first-order chi connectivity index (χ1) is 14.5. The Morgan fingerprint density at radius 3 is 2.43 bits per heavy atom. The van der Waals surface area contributed by atoms with Crippen molar-refractivity contribution < 1.29 is 4.79 Å². The lowest BCUT2D eigenvalue weighted by Gasteiger charge is -2.31. The molecule has 0 saturated heterocycles. The number of aliphatic imine (C=N–C) groups is 1. The summed E-state index contributed by atoms with van der Waals surface area (Å²) in [6.45, 7) is 4.36. The molecule has 0 bridgehead atoms. The van der Waals surface area contributed by atoms with E-state index in [2.05, 4.69) is 36.6 Å². The van der Waals surface area contributed by atoms with Crippen LogP contribution in [0.2, 0.25) is 0 Å². The number of benzene rings is 2. The predicted octanol–water partition coefficient (Wildman–Crippen LogP) is 6.16. The van der Waals surface area contributed by atoms with Gasteiger partial charge in [0.05, 0.1) is 18.0 Å². The molecule has 2 unspecified atom stereocenters. The fourth-order valence-electron chi connectivity index (χ4n) is 4.39. The van der Waals surface area contributed by atoms with E-state index in [0.717, 1.165) is 18.5 Å². The summed E-state index contributed by atoms with van der Waals surface area (Å²) in [4.78, 5) is 15.5. The zero-order valence-corrected chi connectivity index (χ0v) is 18.2. The van der Waals surface area contributed by atoms with Gasteiger partial charge >= 0.3 is 5.78 Å². The lowest BCUT2D eigenvalue weighted by atomic mass is 9.71. The minimum atomic E-state index is 0.273. The van der Waals surface area contributed by atoms with Crippen molar-refractivity contribution in [3.63, 3.8) is 0 Å². The van der Waals surface area contributed by atoms with E-state index in [0.29, 0.717) is 11.7 Å². The van der Waals surface area contributed by atoms with Crippen LogP contribution in [0.1, 0.15) is 64.4 Å². The summed E-state index contributed by atoms with van der Waals surface area (Å²) in [5.41, 5.74) is 7.83. The van der Waals surface area contributed by atoms with Gasteiger partial charge in [-0.3, -0.25) is 10.8 Å². The second kappa shape index (κ2) is 10.4. The third-order valence-corrected chi connectivity index (χ3v) is 6.34. The molecule has 4 nitrogen and oxygen atoms in total. The molecule has 1 heterocycles. The average Bonchev–Trinajstić information content (AvgIpc) is 3.10. The number of nitrogens with one attached hydrogen (secondary N) is 1. The second-order valence-corrected chi connectivity index (χ2v) is 8.56. The van der Waals surface area contributed by atoms with Gasteiger partial charge in [0.15, 0.2) is 0 Å². The summed E-state index contributed by atoms with van der Waals surface area (Å²) in [6.07, 6.45) is 10.3. The number of fused-ring (bicyclic) bond motifs is 3. The fourth-order valence-corrected chi connectivity index (χ4v) is 4.39. The molecule has 2 saturated carbocycles. The van der Waals surface area contributed by atoms with Crippen molar-refractivity contribution >= 4 is 22.9 Å². The highest BCUT2D eigenvalue weighted by atomic mass is 16.1. The van der Waals surface area contributed by atoms with Gasteiger partial charge in [-0.1, -0.05) is 56.7 Å². The third-order valence-electron chi connectivity index (χ3n) is 6.34. The molecule has 158 valence electrons. The number of nitrogens with zero attached hydrogens (tertiary/aromatic N) is 1. The number of nitrogen functional groups attached to an aromatic ring is 1. The number of ketones is 1. The van der Waals surface area contributed by atoms with Crippen LogP contribution in [0.4, 0.5) is 11.4 Å². The van der Waals surface area contributed by atoms with E-state index >= 15 is 0 Å². The van der Waals surface area contributed by atoms with Crippen LogP contribution in [0, 0.1) is 12.3 Å². The largest absolute Gasteiger partial charge is 0.324 e. The van der Waals surface area contributed by atoms with E-state index in [9.17, 15) is 4.79 Å². The molecule has 0 radical (unpaired) electrons. The van der Waals surface area contributed by atoms with Crippen LogP contribution < -0.4 is 11.3 Å². The van der Waals surface area contributed by atoms with Gasteiger partial charge in [0, 0.05) is 16.8 Å². The first kappa shape index (κ1) is 22.1. The number of nitrogens with two attached hydrogens (primary N) is 1. The van der Waals surface area contributed by atoms with Crippen LogP contribution in [0.3, 0.4) is 0 Å². The van der Waals surface area contributed by atoms with Crippen LogP contribution in [0.15, 0.2) is 59.6 Å². The van der Waals surface area contributed by atoms with Crippen molar-refractivity contribution in [2.75, 3.05) is 5.43 Å². The molecule has 4 heteroatoms. The van der Waals surface area contributed by atoms with Gasteiger partial charge in [-0.15, -0.1) is 0 Å². The lowest BCUT2D eigenvalue weighted by molar-refractivity contribution is -0.120. The van der Waals surface area contributed by atoms with E-state index in [-0.39, 0.29) is 5.41 Å². The van der Waals surface area contributed by atoms with E-state index in [1.165, 1.54) is 49.1 Å². The van der Waals surface area contributed by atoms with Crippen molar-refractivity contribution in [3.8, 4) is 0 Å². The third kappa shape index (κ3) is 5.31. The summed E-state index contributed by atoms with van der Waals surface area (Å²) in [7, 11) is 0. The van der Waals surface area contributed by atoms with Crippen molar-refractivity contribution in [1.82, 2.24) is 0 Å². The topological polar surface area (TPSA) is 67.5 Å². The molecule has 5 rings (SSSR count). The number of carbonyl (C=O) groups excluding carboxylic acids is 1. The molecule has 3 aliphatic rings. The Bertz CT molecular complexity index is 862. The van der Waals surface area contributed by atoms with Gasteiger partial charge in [0.1, 0.15) is 6.42 Å². The number of anilines is 1.